The lowest BCUT2D eigenvalue weighted by molar-refractivity contribution is -0.137. The Morgan fingerprint density at radius 2 is 1.89 bits per heavy atom. The number of aromatic nitrogens is 3. The van der Waals surface area contributed by atoms with Crippen LogP contribution in [0.25, 0.3) is 10.6 Å². The molecule has 102 valence electrons. The Labute approximate surface area is 116 Å². The van der Waals surface area contributed by atoms with E-state index in [0.717, 1.165) is 6.20 Å². The van der Waals surface area contributed by atoms with Crippen molar-refractivity contribution in [2.24, 2.45) is 0 Å². The number of thiazole rings is 1. The standard InChI is InChI=1S/C11H10F3N3S2/c1-5-9(19-6(2)16-5)8-7(11(12,13)14)4-15-10(17-8)18-3/h4H,1-3H3. The second kappa shape index (κ2) is 5.09. The fourth-order valence-corrected chi connectivity index (χ4v) is 2.86. The molecule has 0 atom stereocenters. The molecule has 2 rings (SSSR count). The molecule has 2 heterocycles. The number of aryl methyl sites for hydroxylation is 2. The Balaban J connectivity index is 2.68. The van der Waals surface area contributed by atoms with Gasteiger partial charge in [-0.25, -0.2) is 15.0 Å². The molecule has 0 bridgehead atoms. The summed E-state index contributed by atoms with van der Waals surface area (Å²) in [6, 6.07) is 0. The van der Waals surface area contributed by atoms with Crippen molar-refractivity contribution in [3.63, 3.8) is 0 Å². The van der Waals surface area contributed by atoms with Crippen LogP contribution in [-0.4, -0.2) is 21.2 Å². The molecule has 0 aliphatic rings. The van der Waals surface area contributed by atoms with Gasteiger partial charge < -0.3 is 0 Å². The van der Waals surface area contributed by atoms with Crippen molar-refractivity contribution in [2.75, 3.05) is 6.26 Å². The maximum Gasteiger partial charge on any atom is 0.420 e. The smallest absolute Gasteiger partial charge is 0.246 e. The van der Waals surface area contributed by atoms with Gasteiger partial charge in [-0.1, -0.05) is 11.8 Å². The summed E-state index contributed by atoms with van der Waals surface area (Å²) >= 11 is 2.41. The predicted molar refractivity (Wildman–Crippen MR) is 69.4 cm³/mol. The fourth-order valence-electron chi connectivity index (χ4n) is 1.60. The quantitative estimate of drug-likeness (QED) is 0.622. The first-order valence-corrected chi connectivity index (χ1v) is 7.29. The molecule has 0 amide bonds. The third-order valence-corrected chi connectivity index (χ3v) is 4.01. The monoisotopic (exact) mass is 305 g/mol. The Morgan fingerprint density at radius 1 is 1.21 bits per heavy atom. The molecule has 2 aromatic heterocycles. The highest BCUT2D eigenvalue weighted by atomic mass is 32.2. The molecule has 0 aromatic carbocycles. The van der Waals surface area contributed by atoms with E-state index in [0.29, 0.717) is 20.7 Å². The largest absolute Gasteiger partial charge is 0.420 e. The highest BCUT2D eigenvalue weighted by molar-refractivity contribution is 7.98. The predicted octanol–water partition coefficient (Wildman–Crippen LogP) is 3.96. The van der Waals surface area contributed by atoms with Crippen molar-refractivity contribution >= 4 is 23.1 Å². The van der Waals surface area contributed by atoms with E-state index in [1.807, 2.05) is 0 Å². The lowest BCUT2D eigenvalue weighted by atomic mass is 10.2. The zero-order valence-electron chi connectivity index (χ0n) is 10.4. The van der Waals surface area contributed by atoms with E-state index in [1.54, 1.807) is 20.1 Å². The molecule has 0 aliphatic heterocycles. The maximum atomic E-state index is 13.0. The van der Waals surface area contributed by atoms with E-state index in [2.05, 4.69) is 15.0 Å². The zero-order valence-corrected chi connectivity index (χ0v) is 12.0. The van der Waals surface area contributed by atoms with Gasteiger partial charge in [0.15, 0.2) is 5.16 Å². The van der Waals surface area contributed by atoms with Crippen LogP contribution in [0.4, 0.5) is 13.2 Å². The molecule has 8 heteroatoms. The van der Waals surface area contributed by atoms with Crippen molar-refractivity contribution in [3.8, 4) is 10.6 Å². The van der Waals surface area contributed by atoms with Crippen LogP contribution in [0.3, 0.4) is 0 Å². The van der Waals surface area contributed by atoms with Gasteiger partial charge in [0.2, 0.25) is 0 Å². The summed E-state index contributed by atoms with van der Waals surface area (Å²) in [5.41, 5.74) is -0.356. The average molecular weight is 305 g/mol. The first kappa shape index (κ1) is 14.3. The number of nitrogens with zero attached hydrogens (tertiary/aromatic N) is 3. The van der Waals surface area contributed by atoms with Gasteiger partial charge in [-0.05, 0) is 20.1 Å². The molecule has 0 N–H and O–H groups in total. The van der Waals surface area contributed by atoms with E-state index in [1.165, 1.54) is 23.1 Å². The molecule has 0 radical (unpaired) electrons. The van der Waals surface area contributed by atoms with Crippen molar-refractivity contribution in [2.45, 2.75) is 25.2 Å². The van der Waals surface area contributed by atoms with Gasteiger partial charge in [0, 0.05) is 6.20 Å². The summed E-state index contributed by atoms with van der Waals surface area (Å²) in [5, 5.41) is 1.03. The number of rotatable bonds is 2. The summed E-state index contributed by atoms with van der Waals surface area (Å²) in [7, 11) is 0. The van der Waals surface area contributed by atoms with Gasteiger partial charge in [-0.2, -0.15) is 13.2 Å². The molecule has 19 heavy (non-hydrogen) atoms. The van der Waals surface area contributed by atoms with Crippen LogP contribution in [0.1, 0.15) is 16.3 Å². The molecule has 3 nitrogen and oxygen atoms in total. The number of hydrogen-bond acceptors (Lipinski definition) is 5. The van der Waals surface area contributed by atoms with E-state index in [4.69, 9.17) is 0 Å². The molecule has 0 fully saturated rings. The normalized spacial score (nSPS) is 11.9. The number of alkyl halides is 3. The lowest BCUT2D eigenvalue weighted by Crippen LogP contribution is -2.10. The summed E-state index contributed by atoms with van der Waals surface area (Å²) in [6.07, 6.45) is -1.92. The third kappa shape index (κ3) is 2.89. The Kier molecular flexibility index (Phi) is 3.82. The molecule has 0 saturated heterocycles. The molecule has 0 unspecified atom stereocenters. The van der Waals surface area contributed by atoms with Crippen molar-refractivity contribution < 1.29 is 13.2 Å². The van der Waals surface area contributed by atoms with Crippen LogP contribution in [0, 0.1) is 13.8 Å². The van der Waals surface area contributed by atoms with E-state index < -0.39 is 11.7 Å². The average Bonchev–Trinajstić information content (AvgIpc) is 2.66. The summed E-state index contributed by atoms with van der Waals surface area (Å²) < 4.78 is 39.0. The molecule has 0 saturated carbocycles. The molecular weight excluding hydrogens is 295 g/mol. The highest BCUT2D eigenvalue weighted by Gasteiger charge is 2.36. The van der Waals surface area contributed by atoms with Crippen molar-refractivity contribution in [3.05, 3.63) is 22.5 Å². The second-order valence-electron chi connectivity index (χ2n) is 3.76. The highest BCUT2D eigenvalue weighted by Crippen LogP contribution is 2.39. The first-order valence-electron chi connectivity index (χ1n) is 5.25. The topological polar surface area (TPSA) is 38.7 Å². The Morgan fingerprint density at radius 3 is 2.37 bits per heavy atom. The number of thioether (sulfide) groups is 1. The third-order valence-electron chi connectivity index (χ3n) is 2.37. The molecule has 0 aliphatic carbocycles. The SMILES string of the molecule is CSc1ncc(C(F)(F)F)c(-c2sc(C)nc2C)n1. The zero-order chi connectivity index (χ0) is 14.2. The fraction of sp³-hybridized carbons (Fsp3) is 0.364. The Hall–Kier alpha value is -1.15. The van der Waals surface area contributed by atoms with Crippen molar-refractivity contribution in [1.82, 2.24) is 15.0 Å². The van der Waals surface area contributed by atoms with Crippen LogP contribution in [0.2, 0.25) is 0 Å². The van der Waals surface area contributed by atoms with Gasteiger partial charge in [-0.15, -0.1) is 11.3 Å². The van der Waals surface area contributed by atoms with Gasteiger partial charge in [0.25, 0.3) is 0 Å². The van der Waals surface area contributed by atoms with E-state index in [-0.39, 0.29) is 5.69 Å². The van der Waals surface area contributed by atoms with Gasteiger partial charge >= 0.3 is 6.18 Å². The second-order valence-corrected chi connectivity index (χ2v) is 5.74. The lowest BCUT2D eigenvalue weighted by Gasteiger charge is -2.11. The molecular formula is C11H10F3N3S2. The van der Waals surface area contributed by atoms with E-state index in [9.17, 15) is 13.2 Å². The first-order chi connectivity index (χ1) is 8.82. The molecule has 0 spiro atoms. The maximum absolute atomic E-state index is 13.0. The van der Waals surface area contributed by atoms with Crippen LogP contribution in [0.5, 0.6) is 0 Å². The minimum atomic E-state index is -4.48. The van der Waals surface area contributed by atoms with Crippen LogP contribution in [0.15, 0.2) is 11.4 Å². The summed E-state index contributed by atoms with van der Waals surface area (Å²) in [5.74, 6) is 0. The van der Waals surface area contributed by atoms with Crippen LogP contribution < -0.4 is 0 Å². The minimum absolute atomic E-state index is 0.0880. The summed E-state index contributed by atoms with van der Waals surface area (Å²) in [6.45, 7) is 3.44. The molecule has 2 aromatic rings. The number of hydrogen-bond donors (Lipinski definition) is 0. The summed E-state index contributed by atoms with van der Waals surface area (Å²) in [4.78, 5) is 12.3. The Bertz CT molecular complexity index is 608. The van der Waals surface area contributed by atoms with Gasteiger partial charge in [0.1, 0.15) is 5.56 Å². The van der Waals surface area contributed by atoms with E-state index >= 15 is 0 Å². The van der Waals surface area contributed by atoms with Crippen LogP contribution >= 0.6 is 23.1 Å². The van der Waals surface area contributed by atoms with Gasteiger partial charge in [0.05, 0.1) is 21.3 Å². The number of halogens is 3. The van der Waals surface area contributed by atoms with Crippen molar-refractivity contribution in [1.29, 1.82) is 0 Å². The van der Waals surface area contributed by atoms with Crippen LogP contribution in [-0.2, 0) is 6.18 Å². The van der Waals surface area contributed by atoms with Gasteiger partial charge in [-0.3, -0.25) is 0 Å². The minimum Gasteiger partial charge on any atom is -0.246 e.